The van der Waals surface area contributed by atoms with Crippen LogP contribution >= 0.6 is 11.8 Å². The van der Waals surface area contributed by atoms with Crippen molar-refractivity contribution in [2.45, 2.75) is 39.2 Å². The average molecular weight is 278 g/mol. The molecule has 0 radical (unpaired) electrons. The van der Waals surface area contributed by atoms with Gasteiger partial charge < -0.3 is 10.1 Å². The molecule has 1 heterocycles. The predicted molar refractivity (Wildman–Crippen MR) is 84.4 cm³/mol. The van der Waals surface area contributed by atoms with E-state index in [2.05, 4.69) is 19.2 Å². The summed E-state index contributed by atoms with van der Waals surface area (Å²) in [6, 6.07) is 8.02. The molecular formula is C15H22N2OS. The number of hydrogen-bond donors (Lipinski definition) is 1. The molecule has 0 saturated carbocycles. The summed E-state index contributed by atoms with van der Waals surface area (Å²) < 4.78 is 5.63. The Morgan fingerprint density at radius 2 is 2.16 bits per heavy atom. The van der Waals surface area contributed by atoms with Crippen molar-refractivity contribution in [3.63, 3.8) is 0 Å². The minimum absolute atomic E-state index is 0.0775. The van der Waals surface area contributed by atoms with Crippen molar-refractivity contribution in [1.29, 1.82) is 0 Å². The van der Waals surface area contributed by atoms with E-state index in [1.54, 1.807) is 11.8 Å². The lowest BCUT2D eigenvalue weighted by molar-refractivity contribution is 0.342. The van der Waals surface area contributed by atoms with Gasteiger partial charge in [0.1, 0.15) is 5.75 Å². The van der Waals surface area contributed by atoms with Crippen molar-refractivity contribution in [2.75, 3.05) is 17.7 Å². The molecule has 104 valence electrons. The van der Waals surface area contributed by atoms with Crippen molar-refractivity contribution in [3.8, 4) is 5.75 Å². The van der Waals surface area contributed by atoms with Crippen LogP contribution in [0.25, 0.3) is 0 Å². The summed E-state index contributed by atoms with van der Waals surface area (Å²) in [4.78, 5) is 4.84. The summed E-state index contributed by atoms with van der Waals surface area (Å²) in [7, 11) is 0. The standard InChI is InChI=1S/C15H22N2OS/c1-4-15(3)10-11-19-14(17-15)16-12-8-6-7-9-13(12)18-5-2/h6-9H,4-5,10-11H2,1-3H3,(H,16,17). The Hall–Kier alpha value is -1.16. The van der Waals surface area contributed by atoms with Crippen LogP contribution in [-0.2, 0) is 0 Å². The lowest BCUT2D eigenvalue weighted by Crippen LogP contribution is -2.29. The van der Waals surface area contributed by atoms with Gasteiger partial charge in [0.2, 0.25) is 0 Å². The van der Waals surface area contributed by atoms with Crippen LogP contribution in [0, 0.1) is 0 Å². The second-order valence-corrected chi connectivity index (χ2v) is 6.00. The molecule has 1 aromatic carbocycles. The van der Waals surface area contributed by atoms with Gasteiger partial charge in [-0.3, -0.25) is 4.99 Å². The molecule has 1 aliphatic heterocycles. The SMILES string of the molecule is CCOc1ccccc1NC1=NC(C)(CC)CCS1. The van der Waals surface area contributed by atoms with E-state index < -0.39 is 0 Å². The maximum Gasteiger partial charge on any atom is 0.161 e. The molecule has 0 aromatic heterocycles. The third-order valence-corrected chi connectivity index (χ3v) is 4.32. The first-order valence-electron chi connectivity index (χ1n) is 6.88. The van der Waals surface area contributed by atoms with Gasteiger partial charge in [0.05, 0.1) is 17.8 Å². The third kappa shape index (κ3) is 3.66. The van der Waals surface area contributed by atoms with Gasteiger partial charge in [0.25, 0.3) is 0 Å². The maximum absolute atomic E-state index is 5.63. The van der Waals surface area contributed by atoms with E-state index in [1.807, 2.05) is 31.2 Å². The van der Waals surface area contributed by atoms with E-state index in [4.69, 9.17) is 9.73 Å². The number of nitrogens with zero attached hydrogens (tertiary/aromatic N) is 1. The van der Waals surface area contributed by atoms with Crippen molar-refractivity contribution in [2.24, 2.45) is 4.99 Å². The van der Waals surface area contributed by atoms with Gasteiger partial charge in [-0.25, -0.2) is 0 Å². The largest absolute Gasteiger partial charge is 0.492 e. The van der Waals surface area contributed by atoms with Crippen LogP contribution in [-0.4, -0.2) is 23.1 Å². The van der Waals surface area contributed by atoms with Gasteiger partial charge in [-0.05, 0) is 38.8 Å². The molecule has 19 heavy (non-hydrogen) atoms. The zero-order valence-electron chi connectivity index (χ0n) is 11.9. The Kier molecular flexibility index (Phi) is 4.75. The summed E-state index contributed by atoms with van der Waals surface area (Å²) in [6.45, 7) is 7.09. The van der Waals surface area contributed by atoms with Crippen LogP contribution in [0.5, 0.6) is 5.75 Å². The quantitative estimate of drug-likeness (QED) is 0.898. The Labute approximate surface area is 119 Å². The van der Waals surface area contributed by atoms with Crippen molar-refractivity contribution in [1.82, 2.24) is 0 Å². The number of thioether (sulfide) groups is 1. The fraction of sp³-hybridized carbons (Fsp3) is 0.533. The fourth-order valence-electron chi connectivity index (χ4n) is 1.99. The second-order valence-electron chi connectivity index (χ2n) is 4.92. The first-order valence-corrected chi connectivity index (χ1v) is 7.87. The number of anilines is 1. The molecule has 0 fully saturated rings. The highest BCUT2D eigenvalue weighted by Gasteiger charge is 2.26. The van der Waals surface area contributed by atoms with Crippen molar-refractivity contribution < 1.29 is 4.74 Å². The molecule has 1 aromatic rings. The fourth-order valence-corrected chi connectivity index (χ4v) is 3.19. The predicted octanol–water partition coefficient (Wildman–Crippen LogP) is 4.16. The van der Waals surface area contributed by atoms with Crippen LogP contribution < -0.4 is 10.1 Å². The first-order chi connectivity index (χ1) is 9.17. The van der Waals surface area contributed by atoms with E-state index >= 15 is 0 Å². The molecule has 2 rings (SSSR count). The van der Waals surface area contributed by atoms with Crippen LogP contribution in [0.3, 0.4) is 0 Å². The molecule has 3 nitrogen and oxygen atoms in total. The number of rotatable bonds is 4. The molecule has 1 aliphatic rings. The first kappa shape index (κ1) is 14.3. The topological polar surface area (TPSA) is 33.6 Å². The van der Waals surface area contributed by atoms with E-state index in [0.29, 0.717) is 6.61 Å². The molecule has 1 N–H and O–H groups in total. The van der Waals surface area contributed by atoms with E-state index in [1.165, 1.54) is 0 Å². The normalized spacial score (nSPS) is 22.8. The summed E-state index contributed by atoms with van der Waals surface area (Å²) in [5.74, 6) is 2.00. The molecule has 0 bridgehead atoms. The Balaban J connectivity index is 2.17. The molecule has 0 aliphatic carbocycles. The minimum Gasteiger partial charge on any atom is -0.492 e. The lowest BCUT2D eigenvalue weighted by Gasteiger charge is -2.29. The Morgan fingerprint density at radius 3 is 2.89 bits per heavy atom. The van der Waals surface area contributed by atoms with Crippen LogP contribution in [0.4, 0.5) is 5.69 Å². The summed E-state index contributed by atoms with van der Waals surface area (Å²) in [5, 5.41) is 4.41. The van der Waals surface area contributed by atoms with Crippen LogP contribution in [0.1, 0.15) is 33.6 Å². The Morgan fingerprint density at radius 1 is 1.37 bits per heavy atom. The van der Waals surface area contributed by atoms with E-state index in [0.717, 1.165) is 35.2 Å². The number of hydrogen-bond acceptors (Lipinski definition) is 4. The number of nitrogens with one attached hydrogen (secondary N) is 1. The number of ether oxygens (including phenoxy) is 1. The molecule has 4 heteroatoms. The third-order valence-electron chi connectivity index (χ3n) is 3.44. The molecule has 1 unspecified atom stereocenters. The van der Waals surface area contributed by atoms with Gasteiger partial charge in [0, 0.05) is 5.75 Å². The lowest BCUT2D eigenvalue weighted by atomic mass is 9.97. The second kappa shape index (κ2) is 6.33. The molecule has 0 amide bonds. The zero-order chi connectivity index (χ0) is 13.7. The van der Waals surface area contributed by atoms with Crippen molar-refractivity contribution in [3.05, 3.63) is 24.3 Å². The molecular weight excluding hydrogens is 256 g/mol. The maximum atomic E-state index is 5.63. The molecule has 0 saturated heterocycles. The van der Waals surface area contributed by atoms with Gasteiger partial charge in [-0.2, -0.15) is 0 Å². The Bertz CT molecular complexity index is 461. The van der Waals surface area contributed by atoms with Gasteiger partial charge in [0.15, 0.2) is 5.17 Å². The number of amidine groups is 1. The average Bonchev–Trinajstić information content (AvgIpc) is 2.41. The number of aliphatic imine (C=N–C) groups is 1. The number of para-hydroxylation sites is 2. The zero-order valence-corrected chi connectivity index (χ0v) is 12.7. The highest BCUT2D eigenvalue weighted by atomic mass is 32.2. The minimum atomic E-state index is 0.0775. The summed E-state index contributed by atoms with van der Waals surface area (Å²) >= 11 is 1.79. The van der Waals surface area contributed by atoms with E-state index in [9.17, 15) is 0 Å². The molecule has 0 spiro atoms. The smallest absolute Gasteiger partial charge is 0.161 e. The van der Waals surface area contributed by atoms with Gasteiger partial charge >= 0.3 is 0 Å². The monoisotopic (exact) mass is 278 g/mol. The summed E-state index contributed by atoms with van der Waals surface area (Å²) in [5.41, 5.74) is 1.07. The number of benzene rings is 1. The summed E-state index contributed by atoms with van der Waals surface area (Å²) in [6.07, 6.45) is 2.22. The van der Waals surface area contributed by atoms with Crippen LogP contribution in [0.2, 0.25) is 0 Å². The highest BCUT2D eigenvalue weighted by molar-refractivity contribution is 8.14. The van der Waals surface area contributed by atoms with E-state index in [-0.39, 0.29) is 5.54 Å². The van der Waals surface area contributed by atoms with Gasteiger partial charge in [-0.15, -0.1) is 0 Å². The molecule has 1 atom stereocenters. The highest BCUT2D eigenvalue weighted by Crippen LogP contribution is 2.31. The van der Waals surface area contributed by atoms with Crippen LogP contribution in [0.15, 0.2) is 29.3 Å². The van der Waals surface area contributed by atoms with Gasteiger partial charge in [-0.1, -0.05) is 30.8 Å². The van der Waals surface area contributed by atoms with Crippen molar-refractivity contribution >= 4 is 22.6 Å².